The number of benzene rings is 1. The van der Waals surface area contributed by atoms with Gasteiger partial charge in [-0.15, -0.1) is 0 Å². The molecule has 1 aromatic carbocycles. The fourth-order valence-electron chi connectivity index (χ4n) is 2.29. The lowest BCUT2D eigenvalue weighted by molar-refractivity contribution is -0.0324. The quantitative estimate of drug-likeness (QED) is 0.709. The van der Waals surface area contributed by atoms with E-state index in [9.17, 15) is 0 Å². The highest BCUT2D eigenvalue weighted by Crippen LogP contribution is 2.10. The summed E-state index contributed by atoms with van der Waals surface area (Å²) in [6, 6.07) is 6.89. The molecule has 1 unspecified atom stereocenters. The van der Waals surface area contributed by atoms with E-state index in [-0.39, 0.29) is 0 Å². The van der Waals surface area contributed by atoms with Crippen LogP contribution in [0.4, 0.5) is 0 Å². The van der Waals surface area contributed by atoms with Crippen LogP contribution in [-0.2, 0) is 4.74 Å². The molecular weight excluding hydrogens is 257 g/mol. The molecule has 0 aromatic heterocycles. The Morgan fingerprint density at radius 3 is 3.05 bits per heavy atom. The maximum atomic E-state index is 9.11. The zero-order valence-corrected chi connectivity index (χ0v) is 11.9. The molecule has 1 atom stereocenters. The van der Waals surface area contributed by atoms with Crippen molar-refractivity contribution in [2.24, 2.45) is 0 Å². The van der Waals surface area contributed by atoms with Crippen LogP contribution in [0.1, 0.15) is 13.3 Å². The fourth-order valence-corrected chi connectivity index (χ4v) is 2.29. The molecule has 1 heterocycles. The van der Waals surface area contributed by atoms with E-state index in [1.807, 2.05) is 6.07 Å². The third kappa shape index (κ3) is 4.49. The van der Waals surface area contributed by atoms with E-state index in [2.05, 4.69) is 11.8 Å². The summed E-state index contributed by atoms with van der Waals surface area (Å²) < 4.78 is 11.3. The molecular formula is C14H22BNO4. The van der Waals surface area contributed by atoms with Crippen molar-refractivity contribution in [1.29, 1.82) is 0 Å². The van der Waals surface area contributed by atoms with Gasteiger partial charge in [0.1, 0.15) is 12.4 Å². The Morgan fingerprint density at radius 1 is 1.45 bits per heavy atom. The summed E-state index contributed by atoms with van der Waals surface area (Å²) in [6.45, 7) is 6.25. The van der Waals surface area contributed by atoms with Crippen LogP contribution in [0.5, 0.6) is 5.75 Å². The van der Waals surface area contributed by atoms with Gasteiger partial charge in [0.2, 0.25) is 0 Å². The number of hydrogen-bond donors (Lipinski definition) is 2. The summed E-state index contributed by atoms with van der Waals surface area (Å²) in [4.78, 5) is 2.34. The normalized spacial score (nSPS) is 19.9. The standard InChI is InChI=1S/C14H22BNO4/c1-2-13-11-16(6-8-19-13)7-9-20-14-5-3-4-12(10-14)15(17)18/h3-5,10,13,17-18H,2,6-9,11H2,1H3. The Morgan fingerprint density at radius 2 is 2.30 bits per heavy atom. The van der Waals surface area contributed by atoms with Crippen molar-refractivity contribution in [3.63, 3.8) is 0 Å². The Balaban J connectivity index is 1.76. The molecule has 0 radical (unpaired) electrons. The zero-order valence-electron chi connectivity index (χ0n) is 11.9. The van der Waals surface area contributed by atoms with Crippen LogP contribution >= 0.6 is 0 Å². The van der Waals surface area contributed by atoms with Crippen molar-refractivity contribution < 1.29 is 19.5 Å². The molecule has 5 nitrogen and oxygen atoms in total. The first-order valence-electron chi connectivity index (χ1n) is 7.12. The minimum atomic E-state index is -1.46. The third-order valence-corrected chi connectivity index (χ3v) is 3.51. The molecule has 1 aromatic rings. The second-order valence-corrected chi connectivity index (χ2v) is 5.00. The maximum Gasteiger partial charge on any atom is 0.488 e. The summed E-state index contributed by atoms with van der Waals surface area (Å²) in [5.74, 6) is 0.663. The van der Waals surface area contributed by atoms with Crippen molar-refractivity contribution in [2.45, 2.75) is 19.4 Å². The van der Waals surface area contributed by atoms with Crippen molar-refractivity contribution in [1.82, 2.24) is 4.90 Å². The molecule has 110 valence electrons. The van der Waals surface area contributed by atoms with Gasteiger partial charge in [0.05, 0.1) is 12.7 Å². The maximum absolute atomic E-state index is 9.11. The van der Waals surface area contributed by atoms with Crippen LogP contribution in [0.15, 0.2) is 24.3 Å². The van der Waals surface area contributed by atoms with Gasteiger partial charge in [0.15, 0.2) is 0 Å². The summed E-state index contributed by atoms with van der Waals surface area (Å²) in [7, 11) is -1.46. The SMILES string of the molecule is CCC1CN(CCOc2cccc(B(O)O)c2)CCO1. The highest BCUT2D eigenvalue weighted by Gasteiger charge is 2.18. The molecule has 0 amide bonds. The predicted molar refractivity (Wildman–Crippen MR) is 78.2 cm³/mol. The smallest absolute Gasteiger partial charge is 0.488 e. The van der Waals surface area contributed by atoms with Crippen molar-refractivity contribution >= 4 is 12.6 Å². The largest absolute Gasteiger partial charge is 0.492 e. The monoisotopic (exact) mass is 279 g/mol. The van der Waals surface area contributed by atoms with Gasteiger partial charge in [0, 0.05) is 19.6 Å². The van der Waals surface area contributed by atoms with Crippen molar-refractivity contribution in [2.75, 3.05) is 32.8 Å². The van der Waals surface area contributed by atoms with E-state index in [4.69, 9.17) is 19.5 Å². The minimum Gasteiger partial charge on any atom is -0.492 e. The summed E-state index contributed by atoms with van der Waals surface area (Å²) in [5.41, 5.74) is 0.444. The van der Waals surface area contributed by atoms with E-state index in [0.29, 0.717) is 23.9 Å². The molecule has 0 spiro atoms. The lowest BCUT2D eigenvalue weighted by Crippen LogP contribution is -2.43. The molecule has 1 saturated heterocycles. The number of nitrogens with zero attached hydrogens (tertiary/aromatic N) is 1. The average molecular weight is 279 g/mol. The van der Waals surface area contributed by atoms with E-state index in [0.717, 1.165) is 32.7 Å². The summed E-state index contributed by atoms with van der Waals surface area (Å²) in [6.07, 6.45) is 1.37. The topological polar surface area (TPSA) is 62.2 Å². The van der Waals surface area contributed by atoms with Crippen LogP contribution in [0, 0.1) is 0 Å². The Bertz CT molecular complexity index is 416. The van der Waals surface area contributed by atoms with Gasteiger partial charge in [-0.25, -0.2) is 0 Å². The molecule has 1 aliphatic rings. The molecule has 6 heteroatoms. The molecule has 1 fully saturated rings. The van der Waals surface area contributed by atoms with Crippen LogP contribution in [0.25, 0.3) is 0 Å². The van der Waals surface area contributed by atoms with Gasteiger partial charge in [-0.3, -0.25) is 4.90 Å². The van der Waals surface area contributed by atoms with Crippen LogP contribution < -0.4 is 10.2 Å². The third-order valence-electron chi connectivity index (χ3n) is 3.51. The molecule has 0 saturated carbocycles. The molecule has 0 aliphatic carbocycles. The van der Waals surface area contributed by atoms with E-state index >= 15 is 0 Å². The van der Waals surface area contributed by atoms with Gasteiger partial charge in [0.25, 0.3) is 0 Å². The van der Waals surface area contributed by atoms with Gasteiger partial charge < -0.3 is 19.5 Å². The van der Waals surface area contributed by atoms with E-state index in [1.165, 1.54) is 0 Å². The zero-order chi connectivity index (χ0) is 14.4. The second-order valence-electron chi connectivity index (χ2n) is 5.00. The highest BCUT2D eigenvalue weighted by molar-refractivity contribution is 6.58. The number of morpholine rings is 1. The molecule has 2 rings (SSSR count). The highest BCUT2D eigenvalue weighted by atomic mass is 16.5. The van der Waals surface area contributed by atoms with Gasteiger partial charge in [-0.2, -0.15) is 0 Å². The van der Waals surface area contributed by atoms with Gasteiger partial charge in [-0.1, -0.05) is 19.1 Å². The Hall–Kier alpha value is -1.08. The van der Waals surface area contributed by atoms with Crippen molar-refractivity contribution in [3.05, 3.63) is 24.3 Å². The molecule has 0 bridgehead atoms. The fraction of sp³-hybridized carbons (Fsp3) is 0.571. The first kappa shape index (κ1) is 15.3. The summed E-state index contributed by atoms with van der Waals surface area (Å²) in [5, 5.41) is 18.2. The Kier molecular flexibility index (Phi) is 5.85. The number of hydrogen-bond acceptors (Lipinski definition) is 5. The lowest BCUT2D eigenvalue weighted by Gasteiger charge is -2.32. The van der Waals surface area contributed by atoms with Crippen LogP contribution in [0.2, 0.25) is 0 Å². The average Bonchev–Trinajstić information content (AvgIpc) is 2.48. The van der Waals surface area contributed by atoms with E-state index in [1.54, 1.807) is 18.2 Å². The lowest BCUT2D eigenvalue weighted by atomic mass is 9.80. The Labute approximate surface area is 120 Å². The first-order valence-corrected chi connectivity index (χ1v) is 7.12. The van der Waals surface area contributed by atoms with Gasteiger partial charge >= 0.3 is 7.12 Å². The minimum absolute atomic E-state index is 0.330. The summed E-state index contributed by atoms with van der Waals surface area (Å²) >= 11 is 0. The second kappa shape index (κ2) is 7.64. The molecule has 2 N–H and O–H groups in total. The van der Waals surface area contributed by atoms with Gasteiger partial charge in [-0.05, 0) is 24.0 Å². The van der Waals surface area contributed by atoms with Crippen LogP contribution in [-0.4, -0.2) is 61.0 Å². The first-order chi connectivity index (χ1) is 9.69. The number of ether oxygens (including phenoxy) is 2. The van der Waals surface area contributed by atoms with Crippen molar-refractivity contribution in [3.8, 4) is 5.75 Å². The molecule has 1 aliphatic heterocycles. The van der Waals surface area contributed by atoms with E-state index < -0.39 is 7.12 Å². The predicted octanol–water partition coefficient (Wildman–Crippen LogP) is -0.144. The molecule has 20 heavy (non-hydrogen) atoms. The van der Waals surface area contributed by atoms with Crippen LogP contribution in [0.3, 0.4) is 0 Å². The number of rotatable bonds is 6.